The summed E-state index contributed by atoms with van der Waals surface area (Å²) in [5, 5.41) is 7.06. The molecule has 0 aliphatic heterocycles. The van der Waals surface area contributed by atoms with E-state index >= 15 is 0 Å². The van der Waals surface area contributed by atoms with E-state index in [4.69, 9.17) is 16.3 Å². The van der Waals surface area contributed by atoms with Crippen LogP contribution in [0.3, 0.4) is 0 Å². The lowest BCUT2D eigenvalue weighted by molar-refractivity contribution is -0.121. The number of sulfonamides is 1. The van der Waals surface area contributed by atoms with Gasteiger partial charge in [0, 0.05) is 11.0 Å². The van der Waals surface area contributed by atoms with E-state index in [1.807, 2.05) is 6.07 Å². The van der Waals surface area contributed by atoms with Crippen molar-refractivity contribution in [3.8, 4) is 5.75 Å². The molecule has 0 bridgehead atoms. The summed E-state index contributed by atoms with van der Waals surface area (Å²) in [5.41, 5.74) is 4.26. The average Bonchev–Trinajstić information content (AvgIpc) is 2.98. The Labute approximate surface area is 257 Å². The monoisotopic (exact) mass is 668 g/mol. The molecule has 4 rings (SSSR count). The first-order valence-electron chi connectivity index (χ1n) is 12.6. The molecule has 0 radical (unpaired) electrons. The van der Waals surface area contributed by atoms with E-state index < -0.39 is 22.5 Å². The maximum Gasteiger partial charge on any atom is 0.262 e. The van der Waals surface area contributed by atoms with Crippen molar-refractivity contribution in [3.63, 3.8) is 0 Å². The summed E-state index contributed by atoms with van der Waals surface area (Å²) < 4.78 is 34.1. The van der Waals surface area contributed by atoms with Crippen LogP contribution >= 0.6 is 27.5 Å². The smallest absolute Gasteiger partial charge is 0.262 e. The van der Waals surface area contributed by atoms with E-state index in [2.05, 4.69) is 31.8 Å². The van der Waals surface area contributed by atoms with Crippen LogP contribution in [0.2, 0.25) is 5.02 Å². The van der Waals surface area contributed by atoms with Crippen molar-refractivity contribution in [1.82, 2.24) is 9.73 Å². The van der Waals surface area contributed by atoms with Crippen LogP contribution in [-0.4, -0.2) is 43.9 Å². The van der Waals surface area contributed by atoms with Gasteiger partial charge in [-0.25, -0.2) is 13.8 Å². The minimum Gasteiger partial charge on any atom is -0.484 e. The number of ether oxygens (including phenoxy) is 1. The van der Waals surface area contributed by atoms with E-state index in [0.29, 0.717) is 22.0 Å². The fourth-order valence-electron chi connectivity index (χ4n) is 3.69. The Morgan fingerprint density at radius 3 is 2.24 bits per heavy atom. The zero-order valence-electron chi connectivity index (χ0n) is 22.1. The first-order valence-corrected chi connectivity index (χ1v) is 15.2. The standard InChI is InChI=1S/C30H26BrClN4O5S/c31-24-12-16-26(17-13-24)42(39,40)36(19-23-6-2-1-3-7-23)20-29(37)35-33-18-22-10-14-25(15-11-22)41-21-30(38)34-28-9-5-4-8-27(28)32/h1-18H,19-21H2,(H,34,38)(H,35,37)/b33-18+. The van der Waals surface area contributed by atoms with Crippen LogP contribution in [0.1, 0.15) is 11.1 Å². The molecular weight excluding hydrogens is 644 g/mol. The summed E-state index contributed by atoms with van der Waals surface area (Å²) in [5.74, 6) is -0.507. The SMILES string of the molecule is O=C(CN(Cc1ccccc1)S(=O)(=O)c1ccc(Br)cc1)N/N=C/c1ccc(OCC(=O)Nc2ccccc2Cl)cc1. The summed E-state index contributed by atoms with van der Waals surface area (Å²) in [7, 11) is -3.97. The van der Waals surface area contributed by atoms with Gasteiger partial charge in [-0.15, -0.1) is 0 Å². The first kappa shape index (κ1) is 30.9. The van der Waals surface area contributed by atoms with Crippen molar-refractivity contribution in [2.45, 2.75) is 11.4 Å². The molecule has 0 atom stereocenters. The van der Waals surface area contributed by atoms with Gasteiger partial charge in [0.2, 0.25) is 10.0 Å². The molecule has 4 aromatic carbocycles. The highest BCUT2D eigenvalue weighted by Crippen LogP contribution is 2.22. The minimum atomic E-state index is -3.97. The van der Waals surface area contributed by atoms with Crippen molar-refractivity contribution < 1.29 is 22.7 Å². The molecule has 2 N–H and O–H groups in total. The molecule has 0 saturated carbocycles. The number of benzene rings is 4. The second kappa shape index (κ2) is 14.7. The Bertz CT molecular complexity index is 1650. The van der Waals surface area contributed by atoms with Crippen LogP contribution in [0, 0.1) is 0 Å². The maximum atomic E-state index is 13.4. The number of amides is 2. The molecule has 216 valence electrons. The minimum absolute atomic E-state index is 0.00818. The molecule has 0 aliphatic carbocycles. The third kappa shape index (κ3) is 8.98. The van der Waals surface area contributed by atoms with E-state index in [1.54, 1.807) is 84.9 Å². The number of nitrogens with one attached hydrogen (secondary N) is 2. The van der Waals surface area contributed by atoms with Crippen LogP contribution in [0.4, 0.5) is 5.69 Å². The van der Waals surface area contributed by atoms with Crippen molar-refractivity contribution >= 4 is 61.3 Å². The van der Waals surface area contributed by atoms with Crippen molar-refractivity contribution in [1.29, 1.82) is 0 Å². The van der Waals surface area contributed by atoms with Gasteiger partial charge in [0.1, 0.15) is 5.75 Å². The van der Waals surface area contributed by atoms with Crippen LogP contribution in [0.5, 0.6) is 5.75 Å². The lowest BCUT2D eigenvalue weighted by Crippen LogP contribution is -2.39. The summed E-state index contributed by atoms with van der Waals surface area (Å²) in [6, 6.07) is 28.8. The molecule has 0 unspecified atom stereocenters. The van der Waals surface area contributed by atoms with Gasteiger partial charge in [-0.1, -0.05) is 70.0 Å². The van der Waals surface area contributed by atoms with E-state index in [9.17, 15) is 18.0 Å². The number of hydrogen-bond donors (Lipinski definition) is 2. The molecule has 12 heteroatoms. The molecule has 42 heavy (non-hydrogen) atoms. The van der Waals surface area contributed by atoms with Crippen molar-refractivity contribution in [2.75, 3.05) is 18.5 Å². The number of rotatable bonds is 12. The Balaban J connectivity index is 1.32. The number of para-hydroxylation sites is 1. The van der Waals surface area contributed by atoms with E-state index in [0.717, 1.165) is 14.3 Å². The number of nitrogens with zero attached hydrogens (tertiary/aromatic N) is 2. The molecular formula is C30H26BrClN4O5S. The van der Waals surface area contributed by atoms with Gasteiger partial charge in [0.05, 0.1) is 28.4 Å². The molecule has 4 aromatic rings. The van der Waals surface area contributed by atoms with Crippen molar-refractivity contribution in [3.05, 3.63) is 124 Å². The average molecular weight is 670 g/mol. The number of carbonyl (C=O) groups excluding carboxylic acids is 2. The normalized spacial score (nSPS) is 11.4. The fourth-order valence-corrected chi connectivity index (χ4v) is 5.52. The van der Waals surface area contributed by atoms with Crippen LogP contribution in [0.25, 0.3) is 0 Å². The molecule has 9 nitrogen and oxygen atoms in total. The van der Waals surface area contributed by atoms with Gasteiger partial charge in [-0.2, -0.15) is 9.41 Å². The highest BCUT2D eigenvalue weighted by molar-refractivity contribution is 9.10. The first-order chi connectivity index (χ1) is 20.2. The van der Waals surface area contributed by atoms with Crippen LogP contribution < -0.4 is 15.5 Å². The lowest BCUT2D eigenvalue weighted by atomic mass is 10.2. The topological polar surface area (TPSA) is 117 Å². The Morgan fingerprint density at radius 1 is 0.881 bits per heavy atom. The molecule has 0 spiro atoms. The predicted octanol–water partition coefficient (Wildman–Crippen LogP) is 5.46. The molecule has 2 amide bonds. The fraction of sp³-hybridized carbons (Fsp3) is 0.100. The van der Waals surface area contributed by atoms with Crippen molar-refractivity contribution in [2.24, 2.45) is 5.10 Å². The summed E-state index contributed by atoms with van der Waals surface area (Å²) in [4.78, 5) is 24.9. The Kier molecular flexibility index (Phi) is 10.8. The zero-order valence-corrected chi connectivity index (χ0v) is 25.3. The second-order valence-electron chi connectivity index (χ2n) is 8.89. The molecule has 0 aliphatic rings. The number of carbonyl (C=O) groups is 2. The van der Waals surface area contributed by atoms with Crippen LogP contribution in [-0.2, 0) is 26.2 Å². The molecule has 0 heterocycles. The zero-order chi connectivity index (χ0) is 30.0. The predicted molar refractivity (Wildman–Crippen MR) is 166 cm³/mol. The van der Waals surface area contributed by atoms with Gasteiger partial charge in [0.25, 0.3) is 11.8 Å². The largest absolute Gasteiger partial charge is 0.484 e. The van der Waals surface area contributed by atoms with Gasteiger partial charge in [-0.3, -0.25) is 9.59 Å². The van der Waals surface area contributed by atoms with Gasteiger partial charge >= 0.3 is 0 Å². The summed E-state index contributed by atoms with van der Waals surface area (Å²) in [6.45, 7) is -0.640. The Morgan fingerprint density at radius 2 is 1.55 bits per heavy atom. The number of hydrogen-bond acceptors (Lipinski definition) is 6. The third-order valence-corrected chi connectivity index (χ3v) is 8.44. The quantitative estimate of drug-likeness (QED) is 0.154. The second-order valence-corrected chi connectivity index (χ2v) is 12.2. The third-order valence-electron chi connectivity index (χ3n) is 5.77. The summed E-state index contributed by atoms with van der Waals surface area (Å²) in [6.07, 6.45) is 1.41. The maximum absolute atomic E-state index is 13.4. The Hall–Kier alpha value is -4.03. The van der Waals surface area contributed by atoms with Crippen LogP contribution in [0.15, 0.2) is 118 Å². The van der Waals surface area contributed by atoms with Gasteiger partial charge in [0.15, 0.2) is 6.61 Å². The lowest BCUT2D eigenvalue weighted by Gasteiger charge is -2.21. The highest BCUT2D eigenvalue weighted by atomic mass is 79.9. The van der Waals surface area contributed by atoms with Gasteiger partial charge < -0.3 is 10.1 Å². The summed E-state index contributed by atoms with van der Waals surface area (Å²) >= 11 is 9.35. The number of halogens is 2. The number of hydrazone groups is 1. The number of anilines is 1. The van der Waals surface area contributed by atoms with E-state index in [1.165, 1.54) is 18.3 Å². The highest BCUT2D eigenvalue weighted by Gasteiger charge is 2.27. The van der Waals surface area contributed by atoms with Gasteiger partial charge in [-0.05, 0) is 71.8 Å². The molecule has 0 saturated heterocycles. The molecule has 0 fully saturated rings. The molecule has 0 aromatic heterocycles. The van der Waals surface area contributed by atoms with E-state index in [-0.39, 0.29) is 24.0 Å².